The van der Waals surface area contributed by atoms with Gasteiger partial charge in [0.1, 0.15) is 5.56 Å². The van der Waals surface area contributed by atoms with E-state index in [1.807, 2.05) is 0 Å². The number of anilines is 1. The number of nitrogen functional groups attached to an aromatic ring is 1. The van der Waals surface area contributed by atoms with E-state index in [1.165, 1.54) is 0 Å². The number of ether oxygens (including phenoxy) is 1. The Hall–Kier alpha value is -2.25. The molecule has 0 aromatic heterocycles. The number of aromatic carboxylic acids is 1. The molecule has 0 radical (unpaired) electrons. The van der Waals surface area contributed by atoms with Gasteiger partial charge in [-0.05, 0) is 12.1 Å². The predicted molar refractivity (Wildman–Crippen MR) is 68.5 cm³/mol. The van der Waals surface area contributed by atoms with Crippen LogP contribution in [0.25, 0.3) is 0 Å². The molecule has 1 aromatic carbocycles. The van der Waals surface area contributed by atoms with Crippen LogP contribution in [-0.2, 0) is 0 Å². The first-order valence-electron chi connectivity index (χ1n) is 5.93. The monoisotopic (exact) mass is 305 g/mol. The third-order valence-electron chi connectivity index (χ3n) is 2.54. The van der Waals surface area contributed by atoms with Gasteiger partial charge < -0.3 is 15.6 Å². The predicted octanol–water partition coefficient (Wildman–Crippen LogP) is 2.75. The molecule has 1 rings (SSSR count). The fourth-order valence-electron chi connectivity index (χ4n) is 1.60. The van der Waals surface area contributed by atoms with Gasteiger partial charge in [0.15, 0.2) is 18.1 Å². The van der Waals surface area contributed by atoms with Crippen LogP contribution in [0, 0.1) is 5.92 Å². The summed E-state index contributed by atoms with van der Waals surface area (Å²) in [6.07, 6.45) is -4.63. The molecule has 0 aliphatic heterocycles. The van der Waals surface area contributed by atoms with Crippen molar-refractivity contribution in [3.05, 3.63) is 23.3 Å². The zero-order valence-corrected chi connectivity index (χ0v) is 11.3. The van der Waals surface area contributed by atoms with Crippen LogP contribution >= 0.6 is 0 Å². The van der Waals surface area contributed by atoms with E-state index in [1.54, 1.807) is 13.8 Å². The van der Waals surface area contributed by atoms with Crippen molar-refractivity contribution >= 4 is 17.4 Å². The molecule has 0 spiro atoms. The Bertz CT molecular complexity index is 567. The second-order valence-corrected chi connectivity index (χ2v) is 4.67. The average Bonchev–Trinajstić information content (AvgIpc) is 2.33. The maximum absolute atomic E-state index is 12.2. The lowest BCUT2D eigenvalue weighted by Gasteiger charge is -2.15. The Balaban J connectivity index is 3.26. The van der Waals surface area contributed by atoms with E-state index in [4.69, 9.17) is 10.8 Å². The number of alkyl halides is 3. The highest BCUT2D eigenvalue weighted by molar-refractivity contribution is 6.02. The average molecular weight is 305 g/mol. The number of Topliss-reactive ketones (excluding diaryl/α,β-unsaturated/α-hetero) is 1. The van der Waals surface area contributed by atoms with Gasteiger partial charge in [-0.25, -0.2) is 4.79 Å². The molecular formula is C13H14F3NO4. The number of carboxylic acids is 1. The van der Waals surface area contributed by atoms with Crippen LogP contribution in [-0.4, -0.2) is 29.6 Å². The number of carbonyl (C=O) groups excluding carboxylic acids is 1. The Morgan fingerprint density at radius 2 is 1.90 bits per heavy atom. The fourth-order valence-corrected chi connectivity index (χ4v) is 1.60. The number of nitrogens with two attached hydrogens (primary N) is 1. The van der Waals surface area contributed by atoms with Gasteiger partial charge in [0.2, 0.25) is 0 Å². The molecule has 8 heteroatoms. The molecule has 0 unspecified atom stereocenters. The molecule has 0 saturated heterocycles. The van der Waals surface area contributed by atoms with Crippen molar-refractivity contribution in [2.75, 3.05) is 12.3 Å². The first-order chi connectivity index (χ1) is 9.53. The summed E-state index contributed by atoms with van der Waals surface area (Å²) >= 11 is 0. The minimum absolute atomic E-state index is 0.0132. The summed E-state index contributed by atoms with van der Waals surface area (Å²) in [4.78, 5) is 22.9. The van der Waals surface area contributed by atoms with E-state index >= 15 is 0 Å². The molecule has 0 aliphatic rings. The van der Waals surface area contributed by atoms with Crippen LogP contribution in [0.2, 0.25) is 0 Å². The lowest BCUT2D eigenvalue weighted by Crippen LogP contribution is -2.21. The van der Waals surface area contributed by atoms with E-state index in [-0.39, 0.29) is 17.0 Å². The number of rotatable bonds is 5. The fraction of sp³-hybridized carbons (Fsp3) is 0.385. The third kappa shape index (κ3) is 4.37. The lowest BCUT2D eigenvalue weighted by atomic mass is 9.98. The molecule has 1 aromatic rings. The maximum Gasteiger partial charge on any atom is 0.422 e. The van der Waals surface area contributed by atoms with Crippen molar-refractivity contribution in [3.8, 4) is 5.75 Å². The van der Waals surface area contributed by atoms with Gasteiger partial charge in [-0.1, -0.05) is 13.8 Å². The molecule has 0 amide bonds. The summed E-state index contributed by atoms with van der Waals surface area (Å²) in [5.41, 5.74) is 4.62. The molecule has 3 N–H and O–H groups in total. The number of hydrogen-bond acceptors (Lipinski definition) is 4. The van der Waals surface area contributed by atoms with Gasteiger partial charge in [0, 0.05) is 11.5 Å². The highest BCUT2D eigenvalue weighted by Crippen LogP contribution is 2.31. The molecule has 5 nitrogen and oxygen atoms in total. The summed E-state index contributed by atoms with van der Waals surface area (Å²) in [5, 5.41) is 9.04. The molecule has 116 valence electrons. The molecular weight excluding hydrogens is 291 g/mol. The van der Waals surface area contributed by atoms with Gasteiger partial charge in [0.05, 0.1) is 5.69 Å². The Kier molecular flexibility index (Phi) is 4.82. The second kappa shape index (κ2) is 6.02. The first kappa shape index (κ1) is 16.8. The number of benzene rings is 1. The highest BCUT2D eigenvalue weighted by Gasteiger charge is 2.30. The summed E-state index contributed by atoms with van der Waals surface area (Å²) in [7, 11) is 0. The van der Waals surface area contributed by atoms with E-state index in [0.717, 1.165) is 12.1 Å². The van der Waals surface area contributed by atoms with Crippen LogP contribution in [0.4, 0.5) is 18.9 Å². The number of carbonyl (C=O) groups is 2. The lowest BCUT2D eigenvalue weighted by molar-refractivity contribution is -0.153. The molecule has 0 aliphatic carbocycles. The van der Waals surface area contributed by atoms with E-state index in [0.29, 0.717) is 0 Å². The van der Waals surface area contributed by atoms with E-state index < -0.39 is 36.0 Å². The number of ketones is 1. The summed E-state index contributed by atoms with van der Waals surface area (Å²) in [6.45, 7) is 1.54. The van der Waals surface area contributed by atoms with Gasteiger partial charge in [-0.15, -0.1) is 0 Å². The van der Waals surface area contributed by atoms with Crippen molar-refractivity contribution < 1.29 is 32.6 Å². The Labute approximate surface area is 118 Å². The molecule has 0 atom stereocenters. The van der Waals surface area contributed by atoms with Crippen LogP contribution in [0.15, 0.2) is 12.1 Å². The van der Waals surface area contributed by atoms with E-state index in [9.17, 15) is 22.8 Å². The molecule has 0 fully saturated rings. The van der Waals surface area contributed by atoms with Crippen molar-refractivity contribution in [2.24, 2.45) is 5.92 Å². The third-order valence-corrected chi connectivity index (χ3v) is 2.54. The minimum atomic E-state index is -4.63. The van der Waals surface area contributed by atoms with Crippen LogP contribution in [0.3, 0.4) is 0 Å². The molecule has 0 heterocycles. The van der Waals surface area contributed by atoms with Crippen molar-refractivity contribution in [1.82, 2.24) is 0 Å². The van der Waals surface area contributed by atoms with E-state index in [2.05, 4.69) is 4.74 Å². The topological polar surface area (TPSA) is 89.6 Å². The minimum Gasteiger partial charge on any atom is -0.481 e. The van der Waals surface area contributed by atoms with Crippen molar-refractivity contribution in [2.45, 2.75) is 20.0 Å². The maximum atomic E-state index is 12.2. The Morgan fingerprint density at radius 3 is 2.33 bits per heavy atom. The normalized spacial score (nSPS) is 11.5. The highest BCUT2D eigenvalue weighted by atomic mass is 19.4. The van der Waals surface area contributed by atoms with Gasteiger partial charge in [-0.2, -0.15) is 13.2 Å². The number of carboxylic acid groups (broad SMARTS) is 1. The molecule has 21 heavy (non-hydrogen) atoms. The summed E-state index contributed by atoms with van der Waals surface area (Å²) in [5.74, 6) is -2.91. The standard InChI is InChI=1S/C13H14F3NO4/c1-6(2)10(18)7-3-8(12(19)20)11(9(17)4-7)21-5-13(14,15)16/h3-4,6H,5,17H2,1-2H3,(H,19,20). The van der Waals surface area contributed by atoms with Crippen LogP contribution < -0.4 is 10.5 Å². The van der Waals surface area contributed by atoms with Crippen LogP contribution in [0.5, 0.6) is 5.75 Å². The quantitative estimate of drug-likeness (QED) is 0.645. The number of halogens is 3. The zero-order chi connectivity index (χ0) is 16.4. The summed E-state index contributed by atoms with van der Waals surface area (Å²) < 4.78 is 40.9. The molecule has 0 saturated carbocycles. The van der Waals surface area contributed by atoms with Gasteiger partial charge in [-0.3, -0.25) is 4.79 Å². The van der Waals surface area contributed by atoms with Gasteiger partial charge >= 0.3 is 12.1 Å². The van der Waals surface area contributed by atoms with Crippen LogP contribution in [0.1, 0.15) is 34.6 Å². The zero-order valence-electron chi connectivity index (χ0n) is 11.3. The van der Waals surface area contributed by atoms with Gasteiger partial charge in [0.25, 0.3) is 0 Å². The first-order valence-corrected chi connectivity index (χ1v) is 5.93. The molecule has 0 bridgehead atoms. The Morgan fingerprint density at radius 1 is 1.33 bits per heavy atom. The SMILES string of the molecule is CC(C)C(=O)c1cc(N)c(OCC(F)(F)F)c(C(=O)O)c1. The largest absolute Gasteiger partial charge is 0.481 e. The smallest absolute Gasteiger partial charge is 0.422 e. The summed E-state index contributed by atoms with van der Waals surface area (Å²) in [6, 6.07) is 2.08. The van der Waals surface area contributed by atoms with Crippen molar-refractivity contribution in [3.63, 3.8) is 0 Å². The second-order valence-electron chi connectivity index (χ2n) is 4.67. The number of hydrogen-bond donors (Lipinski definition) is 2. The van der Waals surface area contributed by atoms with Crippen molar-refractivity contribution in [1.29, 1.82) is 0 Å².